The summed E-state index contributed by atoms with van der Waals surface area (Å²) in [5.41, 5.74) is 0.585. The quantitative estimate of drug-likeness (QED) is 0.371. The van der Waals surface area contributed by atoms with Gasteiger partial charge < -0.3 is 14.4 Å². The molecule has 1 aliphatic heterocycles. The van der Waals surface area contributed by atoms with Crippen molar-refractivity contribution in [3.8, 4) is 5.69 Å². The first-order valence-corrected chi connectivity index (χ1v) is 9.74. The number of halogens is 4. The zero-order valence-electron chi connectivity index (χ0n) is 15.0. The van der Waals surface area contributed by atoms with E-state index in [9.17, 15) is 17.6 Å². The minimum atomic E-state index is -4.32. The third-order valence-electron chi connectivity index (χ3n) is 3.91. The molecule has 11 heteroatoms. The highest BCUT2D eigenvalue weighted by Crippen LogP contribution is 2.28. The van der Waals surface area contributed by atoms with Gasteiger partial charge in [0.2, 0.25) is 5.95 Å². The number of alkyl halides is 3. The first-order valence-electron chi connectivity index (χ1n) is 8.75. The maximum Gasteiger partial charge on any atom is 0.411 e. The van der Waals surface area contributed by atoms with Gasteiger partial charge in [0.25, 0.3) is 0 Å². The van der Waals surface area contributed by atoms with Gasteiger partial charge in [-0.2, -0.15) is 13.2 Å². The SMILES string of the molecule is Fc1cccc(-n2c(SCCCOCC(F)(F)F)nnc2N2CCOCC2)c1. The highest BCUT2D eigenvalue weighted by atomic mass is 32.2. The Labute approximate surface area is 163 Å². The van der Waals surface area contributed by atoms with Gasteiger partial charge in [-0.05, 0) is 24.6 Å². The Morgan fingerprint density at radius 1 is 1.18 bits per heavy atom. The number of thioether (sulfide) groups is 1. The zero-order valence-corrected chi connectivity index (χ0v) is 15.8. The normalized spacial score (nSPS) is 15.2. The summed E-state index contributed by atoms with van der Waals surface area (Å²) in [5.74, 6) is 0.703. The molecular weight excluding hydrogens is 400 g/mol. The van der Waals surface area contributed by atoms with Crippen molar-refractivity contribution in [3.63, 3.8) is 0 Å². The molecule has 1 saturated heterocycles. The molecule has 0 aliphatic carbocycles. The largest absolute Gasteiger partial charge is 0.411 e. The van der Waals surface area contributed by atoms with Gasteiger partial charge in [-0.25, -0.2) is 4.39 Å². The first-order chi connectivity index (χ1) is 13.4. The monoisotopic (exact) mass is 420 g/mol. The van der Waals surface area contributed by atoms with Crippen LogP contribution in [0.2, 0.25) is 0 Å². The van der Waals surface area contributed by atoms with Gasteiger partial charge in [0.1, 0.15) is 12.4 Å². The smallest absolute Gasteiger partial charge is 0.378 e. The third-order valence-corrected chi connectivity index (χ3v) is 4.92. The number of hydrogen-bond donors (Lipinski definition) is 0. The molecule has 0 saturated carbocycles. The van der Waals surface area contributed by atoms with E-state index in [1.54, 1.807) is 16.7 Å². The van der Waals surface area contributed by atoms with Crippen LogP contribution in [0.25, 0.3) is 5.69 Å². The number of rotatable bonds is 8. The van der Waals surface area contributed by atoms with E-state index in [1.807, 2.05) is 4.90 Å². The standard InChI is InChI=1S/C17H20F4N4O2S/c18-13-3-1-4-14(11-13)25-15(24-5-8-26-9-6-24)22-23-16(25)28-10-2-7-27-12-17(19,20)21/h1,3-4,11H,2,5-10,12H2. The summed E-state index contributed by atoms with van der Waals surface area (Å²) in [6.07, 6.45) is -3.90. The van der Waals surface area contributed by atoms with Crippen molar-refractivity contribution in [2.75, 3.05) is 50.2 Å². The fourth-order valence-corrected chi connectivity index (χ4v) is 3.54. The number of morpholine rings is 1. The fourth-order valence-electron chi connectivity index (χ4n) is 2.68. The van der Waals surface area contributed by atoms with Gasteiger partial charge in [0.15, 0.2) is 5.16 Å². The molecule has 0 bridgehead atoms. The van der Waals surface area contributed by atoms with E-state index in [4.69, 9.17) is 4.74 Å². The molecule has 3 rings (SSSR count). The van der Waals surface area contributed by atoms with Gasteiger partial charge in [0.05, 0.1) is 18.9 Å². The molecule has 0 amide bonds. The fraction of sp³-hybridized carbons (Fsp3) is 0.529. The van der Waals surface area contributed by atoms with E-state index >= 15 is 0 Å². The van der Waals surface area contributed by atoms with Crippen molar-refractivity contribution in [3.05, 3.63) is 30.1 Å². The topological polar surface area (TPSA) is 52.4 Å². The minimum Gasteiger partial charge on any atom is -0.378 e. The predicted molar refractivity (Wildman–Crippen MR) is 96.6 cm³/mol. The molecule has 0 radical (unpaired) electrons. The van der Waals surface area contributed by atoms with Crippen LogP contribution in [0.15, 0.2) is 29.4 Å². The van der Waals surface area contributed by atoms with Crippen molar-refractivity contribution < 1.29 is 27.0 Å². The second-order valence-electron chi connectivity index (χ2n) is 6.07. The molecule has 0 N–H and O–H groups in total. The second kappa shape index (κ2) is 9.57. The second-order valence-corrected chi connectivity index (χ2v) is 7.13. The van der Waals surface area contributed by atoms with E-state index in [0.29, 0.717) is 55.3 Å². The van der Waals surface area contributed by atoms with Crippen LogP contribution in [0, 0.1) is 5.82 Å². The molecule has 2 heterocycles. The van der Waals surface area contributed by atoms with Crippen LogP contribution < -0.4 is 4.90 Å². The Morgan fingerprint density at radius 3 is 2.68 bits per heavy atom. The van der Waals surface area contributed by atoms with Gasteiger partial charge >= 0.3 is 6.18 Å². The Kier molecular flexibility index (Phi) is 7.13. The maximum atomic E-state index is 13.7. The molecule has 0 atom stereocenters. The summed E-state index contributed by atoms with van der Waals surface area (Å²) >= 11 is 1.34. The lowest BCUT2D eigenvalue weighted by Gasteiger charge is -2.27. The molecule has 0 spiro atoms. The minimum absolute atomic E-state index is 0.00304. The van der Waals surface area contributed by atoms with Crippen molar-refractivity contribution in [2.24, 2.45) is 0 Å². The van der Waals surface area contributed by atoms with Gasteiger partial charge in [0, 0.05) is 25.4 Å². The average Bonchev–Trinajstić information content (AvgIpc) is 3.08. The lowest BCUT2D eigenvalue weighted by Crippen LogP contribution is -2.37. The summed E-state index contributed by atoms with van der Waals surface area (Å²) in [4.78, 5) is 2.01. The summed E-state index contributed by atoms with van der Waals surface area (Å²) in [6.45, 7) is 1.16. The van der Waals surface area contributed by atoms with Gasteiger partial charge in [-0.15, -0.1) is 10.2 Å². The van der Waals surface area contributed by atoms with Crippen molar-refractivity contribution in [1.82, 2.24) is 14.8 Å². The van der Waals surface area contributed by atoms with Gasteiger partial charge in [-0.3, -0.25) is 4.57 Å². The van der Waals surface area contributed by atoms with Crippen molar-refractivity contribution >= 4 is 17.7 Å². The maximum absolute atomic E-state index is 13.7. The Morgan fingerprint density at radius 2 is 1.96 bits per heavy atom. The molecule has 1 fully saturated rings. The molecule has 0 unspecified atom stereocenters. The summed E-state index contributed by atoms with van der Waals surface area (Å²) in [5, 5.41) is 9.00. The van der Waals surface area contributed by atoms with Crippen LogP contribution in [-0.4, -0.2) is 66.2 Å². The predicted octanol–water partition coefficient (Wildman–Crippen LogP) is 3.30. The number of hydrogen-bond acceptors (Lipinski definition) is 6. The van der Waals surface area contributed by atoms with E-state index in [-0.39, 0.29) is 12.4 Å². The van der Waals surface area contributed by atoms with Crippen LogP contribution >= 0.6 is 11.8 Å². The molecular formula is C17H20F4N4O2S. The molecule has 154 valence electrons. The summed E-state index contributed by atoms with van der Waals surface area (Å²) < 4.78 is 61.7. The Bertz CT molecular complexity index is 766. The highest BCUT2D eigenvalue weighted by Gasteiger charge is 2.27. The number of anilines is 1. The first kappa shape index (κ1) is 20.9. The van der Waals surface area contributed by atoms with Crippen LogP contribution in [0.1, 0.15) is 6.42 Å². The Balaban J connectivity index is 1.69. The molecule has 1 aliphatic rings. The van der Waals surface area contributed by atoms with Gasteiger partial charge in [-0.1, -0.05) is 17.8 Å². The lowest BCUT2D eigenvalue weighted by molar-refractivity contribution is -0.173. The molecule has 28 heavy (non-hydrogen) atoms. The van der Waals surface area contributed by atoms with Crippen molar-refractivity contribution in [2.45, 2.75) is 17.8 Å². The van der Waals surface area contributed by atoms with E-state index in [2.05, 4.69) is 14.9 Å². The lowest BCUT2D eigenvalue weighted by atomic mass is 10.3. The summed E-state index contributed by atoms with van der Waals surface area (Å²) in [6, 6.07) is 6.11. The number of benzene rings is 1. The summed E-state index contributed by atoms with van der Waals surface area (Å²) in [7, 11) is 0. The van der Waals surface area contributed by atoms with Crippen molar-refractivity contribution in [1.29, 1.82) is 0 Å². The molecule has 6 nitrogen and oxygen atoms in total. The van der Waals surface area contributed by atoms with Crippen LogP contribution in [0.4, 0.5) is 23.5 Å². The average molecular weight is 420 g/mol. The van der Waals surface area contributed by atoms with Crippen LogP contribution in [0.3, 0.4) is 0 Å². The Hall–Kier alpha value is -1.85. The molecule has 1 aromatic carbocycles. The van der Waals surface area contributed by atoms with E-state index in [0.717, 1.165) is 0 Å². The van der Waals surface area contributed by atoms with E-state index < -0.39 is 12.8 Å². The number of ether oxygens (including phenoxy) is 2. The van der Waals surface area contributed by atoms with E-state index in [1.165, 1.54) is 23.9 Å². The van der Waals surface area contributed by atoms with Crippen LogP contribution in [-0.2, 0) is 9.47 Å². The number of aromatic nitrogens is 3. The number of nitrogens with zero attached hydrogens (tertiary/aromatic N) is 4. The molecule has 1 aromatic heterocycles. The highest BCUT2D eigenvalue weighted by molar-refractivity contribution is 7.99. The van der Waals surface area contributed by atoms with Crippen LogP contribution in [0.5, 0.6) is 0 Å². The third kappa shape index (κ3) is 5.82. The zero-order chi connectivity index (χ0) is 20.0. The molecule has 2 aromatic rings.